The molecule has 0 bridgehead atoms. The lowest BCUT2D eigenvalue weighted by Gasteiger charge is -2.24. The summed E-state index contributed by atoms with van der Waals surface area (Å²) in [7, 11) is 0. The van der Waals surface area contributed by atoms with E-state index >= 15 is 0 Å². The molecule has 2 aliphatic rings. The number of nitrogens with one attached hydrogen (secondary N) is 2. The monoisotopic (exact) mass is 332 g/mol. The van der Waals surface area contributed by atoms with E-state index in [0.29, 0.717) is 11.3 Å². The summed E-state index contributed by atoms with van der Waals surface area (Å²) in [6.07, 6.45) is 5.81. The van der Waals surface area contributed by atoms with Crippen LogP contribution in [0.2, 0.25) is 0 Å². The van der Waals surface area contributed by atoms with Crippen molar-refractivity contribution in [3.05, 3.63) is 24.0 Å². The summed E-state index contributed by atoms with van der Waals surface area (Å²) in [5.41, 5.74) is 1.12. The fourth-order valence-electron chi connectivity index (χ4n) is 2.42. The summed E-state index contributed by atoms with van der Waals surface area (Å²) in [6, 6.07) is -0.339. The molecular weight excluding hydrogens is 311 g/mol. The van der Waals surface area contributed by atoms with E-state index in [1.807, 2.05) is 0 Å². The van der Waals surface area contributed by atoms with E-state index in [4.69, 9.17) is 16.3 Å². The molecule has 2 amide bonds. The Balaban J connectivity index is 2.08. The molecule has 1 fully saturated rings. The van der Waals surface area contributed by atoms with Crippen molar-refractivity contribution >= 4 is 30.8 Å². The van der Waals surface area contributed by atoms with Gasteiger partial charge in [0, 0.05) is 17.5 Å². The van der Waals surface area contributed by atoms with Crippen molar-refractivity contribution in [3.63, 3.8) is 0 Å². The molecule has 1 saturated heterocycles. The maximum atomic E-state index is 11.2. The van der Waals surface area contributed by atoms with E-state index in [9.17, 15) is 9.90 Å². The average Bonchev–Trinajstić information content (AvgIpc) is 2.64. The molecule has 0 spiro atoms. The van der Waals surface area contributed by atoms with Gasteiger partial charge in [0.1, 0.15) is 6.10 Å². The fraction of sp³-hybridized carbons (Fsp3) is 0.571. The zero-order valence-corrected chi connectivity index (χ0v) is 14.0. The molecule has 0 aromatic heterocycles. The van der Waals surface area contributed by atoms with Gasteiger partial charge < -0.3 is 20.5 Å². The highest BCUT2D eigenvalue weighted by molar-refractivity contribution is 7.72. The van der Waals surface area contributed by atoms with Crippen LogP contribution < -0.4 is 10.6 Å². The lowest BCUT2D eigenvalue weighted by Crippen LogP contribution is -2.40. The molecule has 7 heteroatoms. The van der Waals surface area contributed by atoms with Crippen LogP contribution >= 0.6 is 18.5 Å². The Morgan fingerprint density at radius 2 is 2.19 bits per heavy atom. The zero-order valence-electron chi connectivity index (χ0n) is 12.3. The largest absolute Gasteiger partial charge is 0.389 e. The second kappa shape index (κ2) is 6.17. The fourth-order valence-corrected chi connectivity index (χ4v) is 3.73. The number of aliphatic hydroxyl groups excluding tert-OH is 1. The van der Waals surface area contributed by atoms with Crippen LogP contribution in [0.3, 0.4) is 0 Å². The first kappa shape index (κ1) is 16.6. The number of amides is 2. The molecule has 21 heavy (non-hydrogen) atoms. The molecule has 5 nitrogen and oxygen atoms in total. The highest BCUT2D eigenvalue weighted by Crippen LogP contribution is 2.40. The molecule has 0 radical (unpaired) electrons. The number of hydrogen-bond donors (Lipinski definition) is 3. The predicted octanol–water partition coefficient (Wildman–Crippen LogP) is 1.53. The molecule has 0 aromatic carbocycles. The van der Waals surface area contributed by atoms with Crippen LogP contribution in [0.25, 0.3) is 0 Å². The Morgan fingerprint density at radius 3 is 2.76 bits per heavy atom. The Labute approximate surface area is 130 Å². The Kier molecular flexibility index (Phi) is 4.89. The van der Waals surface area contributed by atoms with Gasteiger partial charge in [-0.3, -0.25) is 0 Å². The number of alkyl halides is 1. The van der Waals surface area contributed by atoms with Crippen molar-refractivity contribution in [2.24, 2.45) is 0 Å². The highest BCUT2D eigenvalue weighted by Gasteiger charge is 2.45. The van der Waals surface area contributed by atoms with Crippen molar-refractivity contribution in [1.82, 2.24) is 10.6 Å². The zero-order chi connectivity index (χ0) is 15.8. The molecule has 4 atom stereocenters. The number of ether oxygens (including phenoxy) is 1. The molecule has 3 N–H and O–H groups in total. The second-order valence-electron chi connectivity index (χ2n) is 6.15. The van der Waals surface area contributed by atoms with Gasteiger partial charge in [-0.15, -0.1) is 24.8 Å². The van der Waals surface area contributed by atoms with Crippen LogP contribution in [0.1, 0.15) is 6.42 Å². The molecule has 0 saturated carbocycles. The lowest BCUT2D eigenvalue weighted by atomic mass is 10.0. The number of halogens is 1. The molecule has 1 unspecified atom stereocenters. The Bertz CT molecular complexity index is 528. The first-order valence-corrected chi connectivity index (χ1v) is 10.3. The number of urea groups is 1. The number of aliphatic hydroxyl groups is 1. The lowest BCUT2D eigenvalue weighted by molar-refractivity contribution is 0.0202. The number of rotatable bonds is 4. The normalized spacial score (nSPS) is 33.4. The molecule has 0 aliphatic carbocycles. The third-order valence-corrected chi connectivity index (χ3v) is 5.57. The summed E-state index contributed by atoms with van der Waals surface area (Å²) in [5.74, 6) is 0. The third kappa shape index (κ3) is 3.92. The molecular formula is C14H22ClN2O3P. The van der Waals surface area contributed by atoms with Crippen LogP contribution in [0.15, 0.2) is 24.0 Å². The predicted molar refractivity (Wildman–Crippen MR) is 88.6 cm³/mol. The maximum absolute atomic E-state index is 11.2. The summed E-state index contributed by atoms with van der Waals surface area (Å²) in [4.78, 5) is 11.2. The highest BCUT2D eigenvalue weighted by atomic mass is 35.5. The number of carbonyl (C=O) groups is 1. The molecule has 0 aromatic rings. The van der Waals surface area contributed by atoms with Crippen molar-refractivity contribution in [2.75, 3.05) is 19.5 Å². The summed E-state index contributed by atoms with van der Waals surface area (Å²) < 4.78 is 5.91. The maximum Gasteiger partial charge on any atom is 0.323 e. The molecule has 118 valence electrons. The van der Waals surface area contributed by atoms with Crippen molar-refractivity contribution in [1.29, 1.82) is 0 Å². The smallest absolute Gasteiger partial charge is 0.323 e. The van der Waals surface area contributed by atoms with Crippen LogP contribution in [-0.2, 0) is 4.74 Å². The Morgan fingerprint density at radius 1 is 1.52 bits per heavy atom. The van der Waals surface area contributed by atoms with Gasteiger partial charge in [-0.2, -0.15) is 0 Å². The summed E-state index contributed by atoms with van der Waals surface area (Å²) >= 11 is 6.30. The summed E-state index contributed by atoms with van der Waals surface area (Å²) in [6.45, 7) is 6.92. The minimum absolute atomic E-state index is 0.315. The van der Waals surface area contributed by atoms with Gasteiger partial charge in [-0.25, -0.2) is 4.79 Å². The van der Waals surface area contributed by atoms with Crippen LogP contribution in [0.4, 0.5) is 4.79 Å². The quantitative estimate of drug-likeness (QED) is 0.540. The SMILES string of the molecule is C=C1NC(=O)NC=C1[C@@H]1O[C@H](CCP(=C)(C)C)[C@@H](O)C1Cl. The van der Waals surface area contributed by atoms with Gasteiger partial charge in [0.2, 0.25) is 0 Å². The third-order valence-electron chi connectivity index (χ3n) is 3.61. The standard InChI is InChI=1S/C14H22ClN2O3P/c1-8-9(7-16-14(19)17-8)13-11(15)12(18)10(20-13)5-6-21(2,3)4/h7,10-13,18H,1-2,5-6H2,3-4H3,(H2,16,17,19)/t10-,11?,12-,13+/m1/s1. The van der Waals surface area contributed by atoms with E-state index in [1.54, 1.807) is 0 Å². The van der Waals surface area contributed by atoms with Crippen LogP contribution in [0, 0.1) is 0 Å². The number of hydrogen-bond acceptors (Lipinski definition) is 3. The van der Waals surface area contributed by atoms with E-state index in [1.165, 1.54) is 6.20 Å². The van der Waals surface area contributed by atoms with E-state index in [0.717, 1.165) is 12.6 Å². The first-order chi connectivity index (χ1) is 9.69. The minimum atomic E-state index is -1.17. The Hall–Kier alpha value is -0.740. The van der Waals surface area contributed by atoms with E-state index in [2.05, 4.69) is 36.8 Å². The topological polar surface area (TPSA) is 70.6 Å². The van der Waals surface area contributed by atoms with E-state index in [-0.39, 0.29) is 12.1 Å². The molecule has 2 aliphatic heterocycles. The second-order valence-corrected chi connectivity index (χ2v) is 11.0. The van der Waals surface area contributed by atoms with Crippen LogP contribution in [-0.4, -0.2) is 60.6 Å². The van der Waals surface area contributed by atoms with E-state index < -0.39 is 24.5 Å². The van der Waals surface area contributed by atoms with Crippen molar-refractivity contribution in [2.45, 2.75) is 30.1 Å². The van der Waals surface area contributed by atoms with Gasteiger partial charge in [0.15, 0.2) is 0 Å². The average molecular weight is 333 g/mol. The molecule has 2 heterocycles. The van der Waals surface area contributed by atoms with Gasteiger partial charge in [-0.05, 0) is 25.9 Å². The summed E-state index contributed by atoms with van der Waals surface area (Å²) in [5, 5.41) is 14.8. The minimum Gasteiger partial charge on any atom is -0.389 e. The van der Waals surface area contributed by atoms with Gasteiger partial charge >= 0.3 is 6.03 Å². The van der Waals surface area contributed by atoms with Crippen molar-refractivity contribution < 1.29 is 14.6 Å². The molecule has 2 rings (SSSR count). The first-order valence-electron chi connectivity index (χ1n) is 6.81. The van der Waals surface area contributed by atoms with Crippen LogP contribution in [0.5, 0.6) is 0 Å². The van der Waals surface area contributed by atoms with Gasteiger partial charge in [0.25, 0.3) is 0 Å². The number of carbonyl (C=O) groups excluding carboxylic acids is 1. The van der Waals surface area contributed by atoms with Crippen molar-refractivity contribution in [3.8, 4) is 0 Å². The van der Waals surface area contributed by atoms with Gasteiger partial charge in [0.05, 0.1) is 17.6 Å². The van der Waals surface area contributed by atoms with Gasteiger partial charge in [-0.1, -0.05) is 6.58 Å².